The van der Waals surface area contributed by atoms with Gasteiger partial charge in [-0.1, -0.05) is 51.2 Å². The lowest BCUT2D eigenvalue weighted by molar-refractivity contribution is 0.115. The van der Waals surface area contributed by atoms with Crippen LogP contribution in [0.25, 0.3) is 0 Å². The lowest BCUT2D eigenvalue weighted by Gasteiger charge is -2.31. The monoisotopic (exact) mass is 306 g/mol. The van der Waals surface area contributed by atoms with Crippen LogP contribution in [0, 0.1) is 23.7 Å². The van der Waals surface area contributed by atoms with Crippen LogP contribution in [0.1, 0.15) is 84.0 Å². The fourth-order valence-corrected chi connectivity index (χ4v) is 4.52. The van der Waals surface area contributed by atoms with E-state index in [1.807, 2.05) is 7.11 Å². The smallest absolute Gasteiger partial charge is 0.0490 e. The zero-order valence-electron chi connectivity index (χ0n) is 15.1. The summed E-state index contributed by atoms with van der Waals surface area (Å²) in [5.74, 6) is 3.81. The third kappa shape index (κ3) is 6.44. The highest BCUT2D eigenvalue weighted by Gasteiger charge is 2.24. The van der Waals surface area contributed by atoms with Crippen molar-refractivity contribution in [2.75, 3.05) is 13.7 Å². The Morgan fingerprint density at radius 3 is 1.91 bits per heavy atom. The van der Waals surface area contributed by atoms with Gasteiger partial charge in [-0.15, -0.1) is 0 Å². The van der Waals surface area contributed by atoms with E-state index >= 15 is 0 Å². The lowest BCUT2D eigenvalue weighted by atomic mass is 9.75. The summed E-state index contributed by atoms with van der Waals surface area (Å²) in [7, 11) is 1.85. The Bertz CT molecular complexity index is 293. The number of ether oxygens (including phenoxy) is 1. The van der Waals surface area contributed by atoms with E-state index in [1.165, 1.54) is 77.0 Å². The molecule has 0 bridgehead atoms. The molecule has 0 radical (unpaired) electrons. The van der Waals surface area contributed by atoms with Gasteiger partial charge >= 0.3 is 0 Å². The lowest BCUT2D eigenvalue weighted by Crippen LogP contribution is -2.19. The van der Waals surface area contributed by atoms with Crippen LogP contribution < -0.4 is 0 Å². The minimum Gasteiger partial charge on any atom is -0.384 e. The maximum atomic E-state index is 5.31. The van der Waals surface area contributed by atoms with Crippen molar-refractivity contribution in [1.29, 1.82) is 0 Å². The van der Waals surface area contributed by atoms with E-state index in [9.17, 15) is 0 Å². The highest BCUT2D eigenvalue weighted by molar-refractivity contribution is 4.91. The molecule has 0 unspecified atom stereocenters. The van der Waals surface area contributed by atoms with Gasteiger partial charge in [0.25, 0.3) is 0 Å². The maximum Gasteiger partial charge on any atom is 0.0490 e. The Balaban J connectivity index is 1.55. The summed E-state index contributed by atoms with van der Waals surface area (Å²) in [6, 6.07) is 0. The van der Waals surface area contributed by atoms with Crippen LogP contribution in [0.5, 0.6) is 0 Å². The Hall–Kier alpha value is -0.300. The van der Waals surface area contributed by atoms with Gasteiger partial charge in [0.1, 0.15) is 0 Å². The van der Waals surface area contributed by atoms with Crippen molar-refractivity contribution in [2.24, 2.45) is 23.7 Å². The molecule has 0 N–H and O–H groups in total. The molecular weight excluding hydrogens is 268 g/mol. The summed E-state index contributed by atoms with van der Waals surface area (Å²) in [5.41, 5.74) is 0. The SMILES string of the molecule is CCCC=C[C@H]1CC[C@H](CC[C@H]2CC[C@H](COC)CC2)CC1. The van der Waals surface area contributed by atoms with Crippen molar-refractivity contribution in [3.05, 3.63) is 12.2 Å². The predicted octanol–water partition coefficient (Wildman–Crippen LogP) is 6.38. The van der Waals surface area contributed by atoms with Crippen LogP contribution in [0.15, 0.2) is 12.2 Å². The minimum absolute atomic E-state index is 0.853. The summed E-state index contributed by atoms with van der Waals surface area (Å²) < 4.78 is 5.31. The van der Waals surface area contributed by atoms with Crippen molar-refractivity contribution in [3.63, 3.8) is 0 Å². The van der Waals surface area contributed by atoms with E-state index in [-0.39, 0.29) is 0 Å². The van der Waals surface area contributed by atoms with Crippen LogP contribution in [0.2, 0.25) is 0 Å². The van der Waals surface area contributed by atoms with Gasteiger partial charge in [0, 0.05) is 13.7 Å². The standard InChI is InChI=1S/C21H38O/c1-3-4-5-6-18-7-9-19(10-8-18)11-12-20-13-15-21(16-14-20)17-22-2/h5-6,18-21H,3-4,7-17H2,1-2H3/t18-,19-,20-,21-. The molecule has 0 heterocycles. The van der Waals surface area contributed by atoms with Crippen molar-refractivity contribution >= 4 is 0 Å². The van der Waals surface area contributed by atoms with Crippen LogP contribution in [-0.2, 0) is 4.74 Å². The molecule has 1 nitrogen and oxygen atoms in total. The van der Waals surface area contributed by atoms with Gasteiger partial charge in [0.05, 0.1) is 0 Å². The van der Waals surface area contributed by atoms with Crippen molar-refractivity contribution in [2.45, 2.75) is 84.0 Å². The second kappa shape index (κ2) is 10.5. The summed E-state index contributed by atoms with van der Waals surface area (Å²) in [6.45, 7) is 3.26. The van der Waals surface area contributed by atoms with E-state index in [0.29, 0.717) is 0 Å². The minimum atomic E-state index is 0.853. The van der Waals surface area contributed by atoms with Crippen LogP contribution in [0.3, 0.4) is 0 Å². The molecule has 0 aliphatic heterocycles. The number of rotatable bonds is 8. The first-order valence-corrected chi connectivity index (χ1v) is 9.97. The first-order valence-electron chi connectivity index (χ1n) is 9.97. The van der Waals surface area contributed by atoms with Crippen molar-refractivity contribution in [1.82, 2.24) is 0 Å². The highest BCUT2D eigenvalue weighted by Crippen LogP contribution is 2.36. The zero-order chi connectivity index (χ0) is 15.6. The molecule has 22 heavy (non-hydrogen) atoms. The van der Waals surface area contributed by atoms with Gasteiger partial charge in [-0.2, -0.15) is 0 Å². The van der Waals surface area contributed by atoms with Crippen LogP contribution in [-0.4, -0.2) is 13.7 Å². The van der Waals surface area contributed by atoms with E-state index in [2.05, 4.69) is 19.1 Å². The number of hydrogen-bond donors (Lipinski definition) is 0. The molecule has 1 heteroatoms. The normalized spacial score (nSPS) is 33.4. The molecule has 0 aromatic carbocycles. The third-order valence-corrected chi connectivity index (χ3v) is 6.11. The van der Waals surface area contributed by atoms with Gasteiger partial charge in [0.15, 0.2) is 0 Å². The summed E-state index contributed by atoms with van der Waals surface area (Å²) in [6.07, 6.45) is 22.1. The molecule has 2 aliphatic rings. The number of unbranched alkanes of at least 4 members (excludes halogenated alkanes) is 1. The molecular formula is C21H38O. The highest BCUT2D eigenvalue weighted by atomic mass is 16.5. The van der Waals surface area contributed by atoms with E-state index < -0.39 is 0 Å². The van der Waals surface area contributed by atoms with Gasteiger partial charge in [0.2, 0.25) is 0 Å². The second-order valence-corrected chi connectivity index (χ2v) is 7.92. The molecule has 0 spiro atoms. The molecule has 0 amide bonds. The van der Waals surface area contributed by atoms with Gasteiger partial charge in [-0.25, -0.2) is 0 Å². The second-order valence-electron chi connectivity index (χ2n) is 7.92. The average Bonchev–Trinajstić information content (AvgIpc) is 2.56. The number of hydrogen-bond acceptors (Lipinski definition) is 1. The quantitative estimate of drug-likeness (QED) is 0.473. The van der Waals surface area contributed by atoms with Crippen LogP contribution >= 0.6 is 0 Å². The maximum absolute atomic E-state index is 5.31. The summed E-state index contributed by atoms with van der Waals surface area (Å²) >= 11 is 0. The average molecular weight is 307 g/mol. The van der Waals surface area contributed by atoms with E-state index in [0.717, 1.165) is 30.3 Å². The fraction of sp³-hybridized carbons (Fsp3) is 0.905. The molecule has 128 valence electrons. The van der Waals surface area contributed by atoms with E-state index in [1.54, 1.807) is 0 Å². The Morgan fingerprint density at radius 2 is 1.36 bits per heavy atom. The molecule has 2 fully saturated rings. The van der Waals surface area contributed by atoms with Crippen LogP contribution in [0.4, 0.5) is 0 Å². The summed E-state index contributed by atoms with van der Waals surface area (Å²) in [5, 5.41) is 0. The predicted molar refractivity (Wildman–Crippen MR) is 96.1 cm³/mol. The molecule has 2 saturated carbocycles. The fourth-order valence-electron chi connectivity index (χ4n) is 4.52. The van der Waals surface area contributed by atoms with Gasteiger partial charge < -0.3 is 4.74 Å². The Kier molecular flexibility index (Phi) is 8.59. The number of allylic oxidation sites excluding steroid dienone is 2. The molecule has 0 saturated heterocycles. The summed E-state index contributed by atoms with van der Waals surface area (Å²) in [4.78, 5) is 0. The van der Waals surface area contributed by atoms with Crippen molar-refractivity contribution < 1.29 is 4.74 Å². The van der Waals surface area contributed by atoms with Gasteiger partial charge in [-0.05, 0) is 68.6 Å². The molecule has 0 aromatic heterocycles. The van der Waals surface area contributed by atoms with Crippen molar-refractivity contribution in [3.8, 4) is 0 Å². The van der Waals surface area contributed by atoms with Gasteiger partial charge in [-0.3, -0.25) is 0 Å². The molecule has 0 atom stereocenters. The van der Waals surface area contributed by atoms with E-state index in [4.69, 9.17) is 4.74 Å². The molecule has 2 aliphatic carbocycles. The number of methoxy groups -OCH3 is 1. The largest absolute Gasteiger partial charge is 0.384 e. The molecule has 2 rings (SSSR count). The first kappa shape index (κ1) is 18.0. The topological polar surface area (TPSA) is 9.23 Å². The molecule has 0 aromatic rings. The zero-order valence-corrected chi connectivity index (χ0v) is 15.1. The Labute approximate surface area is 138 Å². The Morgan fingerprint density at radius 1 is 0.818 bits per heavy atom. The third-order valence-electron chi connectivity index (χ3n) is 6.11. The first-order chi connectivity index (χ1) is 10.8.